The Hall–Kier alpha value is -2.09. The standard InChI is InChI=1S/C18H22N2O4S.ClH/c1-12(13(2)19)18(21)20-14-7-9-15(10-8-14)24-16-5-4-6-17(11-16)25(3,22)23;/h4-13H,19H2,1-3H3,(H,20,21);1H. The first-order chi connectivity index (χ1) is 11.7. The number of nitrogens with two attached hydrogens (primary N) is 1. The van der Waals surface area contributed by atoms with Gasteiger partial charge in [0, 0.05) is 18.0 Å². The molecule has 0 aliphatic rings. The number of benzene rings is 2. The maximum atomic E-state index is 12.0. The zero-order chi connectivity index (χ0) is 18.6. The average Bonchev–Trinajstić information content (AvgIpc) is 2.55. The lowest BCUT2D eigenvalue weighted by atomic mass is 10.0. The smallest absolute Gasteiger partial charge is 0.228 e. The van der Waals surface area contributed by atoms with E-state index in [9.17, 15) is 13.2 Å². The molecule has 26 heavy (non-hydrogen) atoms. The number of amides is 1. The third kappa shape index (κ3) is 6.01. The minimum atomic E-state index is -3.29. The molecule has 0 aliphatic heterocycles. The van der Waals surface area contributed by atoms with Crippen molar-refractivity contribution in [1.29, 1.82) is 0 Å². The molecule has 2 unspecified atom stereocenters. The van der Waals surface area contributed by atoms with Crippen LogP contribution in [0.4, 0.5) is 5.69 Å². The Bertz CT molecular complexity index is 852. The number of carbonyl (C=O) groups excluding carboxylic acids is 1. The Labute approximate surface area is 160 Å². The SMILES string of the molecule is CC(N)C(C)C(=O)Nc1ccc(Oc2cccc(S(C)(=O)=O)c2)cc1.Cl. The minimum Gasteiger partial charge on any atom is -0.457 e. The summed E-state index contributed by atoms with van der Waals surface area (Å²) in [5, 5.41) is 2.79. The van der Waals surface area contributed by atoms with Crippen molar-refractivity contribution in [2.45, 2.75) is 24.8 Å². The van der Waals surface area contributed by atoms with Crippen LogP contribution in [0, 0.1) is 5.92 Å². The van der Waals surface area contributed by atoms with Crippen molar-refractivity contribution in [2.75, 3.05) is 11.6 Å². The Morgan fingerprint density at radius 3 is 2.23 bits per heavy atom. The number of nitrogens with one attached hydrogen (secondary N) is 1. The fraction of sp³-hybridized carbons (Fsp3) is 0.278. The van der Waals surface area contributed by atoms with Crippen LogP contribution in [-0.2, 0) is 14.6 Å². The second-order valence-corrected chi connectivity index (χ2v) is 8.03. The number of sulfone groups is 1. The van der Waals surface area contributed by atoms with Gasteiger partial charge >= 0.3 is 0 Å². The molecule has 0 aliphatic carbocycles. The van der Waals surface area contributed by atoms with Gasteiger partial charge in [-0.3, -0.25) is 4.79 Å². The normalized spacial score (nSPS) is 13.2. The number of hydrogen-bond acceptors (Lipinski definition) is 5. The number of ether oxygens (including phenoxy) is 1. The minimum absolute atomic E-state index is 0. The molecule has 0 fully saturated rings. The summed E-state index contributed by atoms with van der Waals surface area (Å²) in [5.41, 5.74) is 6.35. The maximum absolute atomic E-state index is 12.0. The first kappa shape index (κ1) is 22.0. The molecule has 1 amide bonds. The Morgan fingerprint density at radius 2 is 1.69 bits per heavy atom. The second kappa shape index (κ2) is 9.02. The van der Waals surface area contributed by atoms with Crippen LogP contribution in [0.25, 0.3) is 0 Å². The molecule has 0 radical (unpaired) electrons. The van der Waals surface area contributed by atoms with E-state index in [0.29, 0.717) is 17.2 Å². The summed E-state index contributed by atoms with van der Waals surface area (Å²) >= 11 is 0. The van der Waals surface area contributed by atoms with Gasteiger partial charge in [-0.05, 0) is 49.4 Å². The van der Waals surface area contributed by atoms with Crippen molar-refractivity contribution < 1.29 is 17.9 Å². The number of anilines is 1. The van der Waals surface area contributed by atoms with E-state index in [2.05, 4.69) is 5.32 Å². The molecule has 142 valence electrons. The Kier molecular flexibility index (Phi) is 7.62. The first-order valence-electron chi connectivity index (χ1n) is 7.81. The number of carbonyl (C=O) groups is 1. The lowest BCUT2D eigenvalue weighted by Gasteiger charge is -2.15. The van der Waals surface area contributed by atoms with E-state index < -0.39 is 9.84 Å². The summed E-state index contributed by atoms with van der Waals surface area (Å²) < 4.78 is 28.8. The van der Waals surface area contributed by atoms with Crippen molar-refractivity contribution in [3.63, 3.8) is 0 Å². The molecule has 0 aromatic heterocycles. The number of rotatable bonds is 6. The van der Waals surface area contributed by atoms with Crippen LogP contribution in [0.1, 0.15) is 13.8 Å². The molecular weight excluding hydrogens is 376 g/mol. The van der Waals surface area contributed by atoms with E-state index >= 15 is 0 Å². The highest BCUT2D eigenvalue weighted by molar-refractivity contribution is 7.90. The average molecular weight is 399 g/mol. The molecule has 0 bridgehead atoms. The summed E-state index contributed by atoms with van der Waals surface area (Å²) in [6, 6.07) is 12.9. The quantitative estimate of drug-likeness (QED) is 0.778. The molecule has 6 nitrogen and oxygen atoms in total. The van der Waals surface area contributed by atoms with E-state index in [1.165, 1.54) is 12.1 Å². The lowest BCUT2D eigenvalue weighted by molar-refractivity contribution is -0.119. The van der Waals surface area contributed by atoms with Crippen LogP contribution in [0.3, 0.4) is 0 Å². The zero-order valence-corrected chi connectivity index (χ0v) is 16.4. The van der Waals surface area contributed by atoms with E-state index in [1.807, 2.05) is 0 Å². The fourth-order valence-electron chi connectivity index (χ4n) is 2.01. The van der Waals surface area contributed by atoms with Gasteiger partial charge in [-0.25, -0.2) is 8.42 Å². The van der Waals surface area contributed by atoms with Crippen molar-refractivity contribution >= 4 is 33.8 Å². The fourth-order valence-corrected chi connectivity index (χ4v) is 2.66. The highest BCUT2D eigenvalue weighted by Gasteiger charge is 2.17. The number of halogens is 1. The monoisotopic (exact) mass is 398 g/mol. The molecule has 0 heterocycles. The zero-order valence-electron chi connectivity index (χ0n) is 14.8. The molecule has 0 spiro atoms. The molecule has 2 atom stereocenters. The van der Waals surface area contributed by atoms with Crippen LogP contribution in [0.15, 0.2) is 53.4 Å². The van der Waals surface area contributed by atoms with Gasteiger partial charge < -0.3 is 15.8 Å². The van der Waals surface area contributed by atoms with Crippen LogP contribution in [-0.4, -0.2) is 26.6 Å². The van der Waals surface area contributed by atoms with Gasteiger partial charge in [0.25, 0.3) is 0 Å². The van der Waals surface area contributed by atoms with E-state index in [4.69, 9.17) is 10.5 Å². The molecule has 2 aromatic rings. The van der Waals surface area contributed by atoms with Crippen LogP contribution >= 0.6 is 12.4 Å². The molecule has 0 saturated heterocycles. The lowest BCUT2D eigenvalue weighted by Crippen LogP contribution is -2.34. The van der Waals surface area contributed by atoms with Gasteiger partial charge in [0.15, 0.2) is 9.84 Å². The van der Waals surface area contributed by atoms with Crippen LogP contribution < -0.4 is 15.8 Å². The summed E-state index contributed by atoms with van der Waals surface area (Å²) in [6.07, 6.45) is 1.15. The van der Waals surface area contributed by atoms with Gasteiger partial charge in [0.05, 0.1) is 10.8 Å². The van der Waals surface area contributed by atoms with E-state index in [-0.39, 0.29) is 35.2 Å². The van der Waals surface area contributed by atoms with Crippen LogP contribution in [0.5, 0.6) is 11.5 Å². The summed E-state index contributed by atoms with van der Waals surface area (Å²) in [6.45, 7) is 3.55. The van der Waals surface area contributed by atoms with Gasteiger partial charge in [-0.1, -0.05) is 13.0 Å². The topological polar surface area (TPSA) is 98.5 Å². The highest BCUT2D eigenvalue weighted by Crippen LogP contribution is 2.25. The van der Waals surface area contributed by atoms with Gasteiger partial charge in [0.2, 0.25) is 5.91 Å². The third-order valence-corrected chi connectivity index (χ3v) is 4.90. The summed E-state index contributed by atoms with van der Waals surface area (Å²) in [4.78, 5) is 12.2. The predicted octanol–water partition coefficient (Wildman–Crippen LogP) is 3.23. The van der Waals surface area contributed by atoms with E-state index in [1.54, 1.807) is 50.2 Å². The van der Waals surface area contributed by atoms with Gasteiger partial charge in [-0.15, -0.1) is 12.4 Å². The van der Waals surface area contributed by atoms with Crippen molar-refractivity contribution in [2.24, 2.45) is 11.7 Å². The van der Waals surface area contributed by atoms with Gasteiger partial charge in [-0.2, -0.15) is 0 Å². The Balaban J connectivity index is 0.00000338. The summed E-state index contributed by atoms with van der Waals surface area (Å²) in [5.74, 6) is 0.508. The molecule has 2 rings (SSSR count). The molecule has 3 N–H and O–H groups in total. The third-order valence-electron chi connectivity index (χ3n) is 3.79. The predicted molar refractivity (Wildman–Crippen MR) is 105 cm³/mol. The van der Waals surface area contributed by atoms with E-state index in [0.717, 1.165) is 6.26 Å². The molecule has 2 aromatic carbocycles. The largest absolute Gasteiger partial charge is 0.457 e. The van der Waals surface area contributed by atoms with Crippen molar-refractivity contribution in [1.82, 2.24) is 0 Å². The van der Waals surface area contributed by atoms with Crippen molar-refractivity contribution in [3.8, 4) is 11.5 Å². The van der Waals surface area contributed by atoms with Gasteiger partial charge in [0.1, 0.15) is 11.5 Å². The first-order valence-corrected chi connectivity index (χ1v) is 9.70. The molecular formula is C18H23ClN2O4S. The highest BCUT2D eigenvalue weighted by atomic mass is 35.5. The number of hydrogen-bond donors (Lipinski definition) is 2. The second-order valence-electron chi connectivity index (χ2n) is 6.01. The van der Waals surface area contributed by atoms with Crippen LogP contribution in [0.2, 0.25) is 0 Å². The summed E-state index contributed by atoms with van der Waals surface area (Å²) in [7, 11) is -3.29. The van der Waals surface area contributed by atoms with Crippen molar-refractivity contribution in [3.05, 3.63) is 48.5 Å². The molecule has 0 saturated carbocycles. The molecule has 8 heteroatoms. The Morgan fingerprint density at radius 1 is 1.08 bits per heavy atom. The maximum Gasteiger partial charge on any atom is 0.228 e.